The van der Waals surface area contributed by atoms with Crippen LogP contribution in [0.25, 0.3) is 16.5 Å². The van der Waals surface area contributed by atoms with Gasteiger partial charge >= 0.3 is 0 Å². The summed E-state index contributed by atoms with van der Waals surface area (Å²) in [7, 11) is 0. The van der Waals surface area contributed by atoms with Crippen molar-refractivity contribution >= 4 is 22.2 Å². The fourth-order valence-corrected chi connectivity index (χ4v) is 3.89. The molecule has 0 atom stereocenters. The van der Waals surface area contributed by atoms with Crippen LogP contribution in [0.15, 0.2) is 12.3 Å². The number of hydrogen-bond acceptors (Lipinski definition) is 3. The Hall–Kier alpha value is -1.84. The lowest BCUT2D eigenvalue weighted by Gasteiger charge is -2.29. The van der Waals surface area contributed by atoms with E-state index in [1.807, 2.05) is 6.20 Å². The maximum atomic E-state index is 4.74. The highest BCUT2D eigenvalue weighted by Crippen LogP contribution is 2.36. The van der Waals surface area contributed by atoms with Crippen LogP contribution in [-0.2, 0) is 0 Å². The van der Waals surface area contributed by atoms with Crippen molar-refractivity contribution in [3.8, 4) is 0 Å². The van der Waals surface area contributed by atoms with E-state index in [9.17, 15) is 0 Å². The number of hydrogen-bond donors (Lipinski definition) is 1. The largest absolute Gasteiger partial charge is 0.368 e. The Balaban J connectivity index is 1.80. The van der Waals surface area contributed by atoms with Crippen molar-refractivity contribution in [2.45, 2.75) is 57.8 Å². The third kappa shape index (κ3) is 2.99. The van der Waals surface area contributed by atoms with Gasteiger partial charge in [0.05, 0.1) is 23.1 Å². The van der Waals surface area contributed by atoms with E-state index in [0.717, 1.165) is 36.1 Å². The molecule has 1 radical (unpaired) electrons. The first-order valence-corrected chi connectivity index (χ1v) is 9.12. The molecule has 1 aliphatic carbocycles. The minimum absolute atomic E-state index is 1.00. The number of nitrogens with zero attached hydrogens (tertiary/aromatic N) is 3. The Morgan fingerprint density at radius 1 is 1.00 bits per heavy atom. The molecule has 4 heteroatoms. The van der Waals surface area contributed by atoms with Crippen molar-refractivity contribution in [2.75, 3.05) is 18.0 Å². The van der Waals surface area contributed by atoms with Crippen molar-refractivity contribution in [2.24, 2.45) is 0 Å². The zero-order valence-corrected chi connectivity index (χ0v) is 13.8. The fourth-order valence-electron chi connectivity index (χ4n) is 3.89. The number of H-pyrrole nitrogens is 1. The lowest BCUT2D eigenvalue weighted by molar-refractivity contribution is 0.556. The van der Waals surface area contributed by atoms with Gasteiger partial charge in [0.15, 0.2) is 0 Å². The van der Waals surface area contributed by atoms with Gasteiger partial charge in [-0.05, 0) is 44.1 Å². The molecular formula is C19H25N4. The van der Waals surface area contributed by atoms with Crippen molar-refractivity contribution in [3.63, 3.8) is 0 Å². The van der Waals surface area contributed by atoms with Crippen LogP contribution in [0.3, 0.4) is 0 Å². The zero-order valence-electron chi connectivity index (χ0n) is 13.8. The summed E-state index contributed by atoms with van der Waals surface area (Å²) in [6.07, 6.45) is 18.9. The van der Waals surface area contributed by atoms with Crippen molar-refractivity contribution in [1.82, 2.24) is 15.2 Å². The highest BCUT2D eigenvalue weighted by atomic mass is 15.2. The van der Waals surface area contributed by atoms with Gasteiger partial charge in [0.2, 0.25) is 0 Å². The van der Waals surface area contributed by atoms with Gasteiger partial charge in [0, 0.05) is 18.5 Å². The molecule has 0 saturated carbocycles. The van der Waals surface area contributed by atoms with Gasteiger partial charge in [0.25, 0.3) is 0 Å². The van der Waals surface area contributed by atoms with Crippen LogP contribution in [0.1, 0.15) is 63.5 Å². The highest BCUT2D eigenvalue weighted by molar-refractivity contribution is 5.95. The molecule has 0 unspecified atom stereocenters. The van der Waals surface area contributed by atoms with E-state index >= 15 is 0 Å². The average molecular weight is 309 g/mol. The lowest BCUT2D eigenvalue weighted by atomic mass is 9.95. The molecule has 1 aliphatic heterocycles. The summed E-state index contributed by atoms with van der Waals surface area (Å²) < 4.78 is 0. The second-order valence-corrected chi connectivity index (χ2v) is 6.81. The summed E-state index contributed by atoms with van der Waals surface area (Å²) in [6.45, 7) is 2.25. The van der Waals surface area contributed by atoms with Crippen LogP contribution >= 0.6 is 0 Å². The van der Waals surface area contributed by atoms with Crippen molar-refractivity contribution < 1.29 is 0 Å². The first-order valence-electron chi connectivity index (χ1n) is 9.12. The number of allylic oxidation sites excluding steroid dienone is 2. The summed E-state index contributed by atoms with van der Waals surface area (Å²) in [5, 5.41) is 8.46. The second kappa shape index (κ2) is 6.73. The maximum absolute atomic E-state index is 4.74. The molecule has 4 nitrogen and oxygen atoms in total. The van der Waals surface area contributed by atoms with Crippen LogP contribution in [0.2, 0.25) is 0 Å². The first kappa shape index (κ1) is 14.7. The Labute approximate surface area is 138 Å². The molecule has 2 aromatic rings. The molecular weight excluding hydrogens is 284 g/mol. The SMILES string of the molecule is [c]1nc(C2=CCCCC2)c(N2CCCCCCC2)c2[nH]ncc12. The third-order valence-corrected chi connectivity index (χ3v) is 5.16. The van der Waals surface area contributed by atoms with Gasteiger partial charge < -0.3 is 4.90 Å². The summed E-state index contributed by atoms with van der Waals surface area (Å²) >= 11 is 0. The number of nitrogens with one attached hydrogen (secondary N) is 1. The van der Waals surface area contributed by atoms with E-state index in [0.29, 0.717) is 0 Å². The van der Waals surface area contributed by atoms with Gasteiger partial charge in [-0.2, -0.15) is 5.10 Å². The zero-order chi connectivity index (χ0) is 15.5. The predicted octanol–water partition coefficient (Wildman–Crippen LogP) is 4.49. The standard InChI is InChI=1S/C19H25N4/c1-2-7-11-23(12-8-3-1)19-17(15-9-5-4-6-10-15)20-13-16-14-21-22-18(16)19/h9,14H,1-8,10-12H2,(H,21,22). The Bertz CT molecular complexity index is 692. The summed E-state index contributed by atoms with van der Waals surface area (Å²) in [5.74, 6) is 0. The van der Waals surface area contributed by atoms with Gasteiger partial charge in [-0.15, -0.1) is 0 Å². The molecule has 1 fully saturated rings. The van der Waals surface area contributed by atoms with Crippen LogP contribution < -0.4 is 4.90 Å². The van der Waals surface area contributed by atoms with Gasteiger partial charge in [-0.25, -0.2) is 4.98 Å². The molecule has 121 valence electrons. The average Bonchev–Trinajstić information content (AvgIpc) is 3.04. The first-order chi connectivity index (χ1) is 11.4. The number of aromatic nitrogens is 3. The molecule has 0 aromatic carbocycles. The molecule has 2 aromatic heterocycles. The smallest absolute Gasteiger partial charge is 0.101 e. The van der Waals surface area contributed by atoms with Gasteiger partial charge in [-0.1, -0.05) is 25.3 Å². The van der Waals surface area contributed by atoms with E-state index in [2.05, 4.69) is 27.4 Å². The summed E-state index contributed by atoms with van der Waals surface area (Å²) in [6, 6.07) is 0. The topological polar surface area (TPSA) is 44.8 Å². The normalized spacial score (nSPS) is 20.2. The number of anilines is 1. The van der Waals surface area contributed by atoms with Crippen LogP contribution in [0, 0.1) is 6.20 Å². The van der Waals surface area contributed by atoms with Crippen LogP contribution in [-0.4, -0.2) is 28.3 Å². The Morgan fingerprint density at radius 2 is 1.83 bits per heavy atom. The van der Waals surface area contributed by atoms with Crippen LogP contribution in [0.5, 0.6) is 0 Å². The van der Waals surface area contributed by atoms with E-state index < -0.39 is 0 Å². The van der Waals surface area contributed by atoms with Gasteiger partial charge in [-0.3, -0.25) is 5.10 Å². The monoisotopic (exact) mass is 309 g/mol. The quantitative estimate of drug-likeness (QED) is 0.889. The van der Waals surface area contributed by atoms with Gasteiger partial charge in [0.1, 0.15) is 6.20 Å². The molecule has 23 heavy (non-hydrogen) atoms. The third-order valence-electron chi connectivity index (χ3n) is 5.16. The highest BCUT2D eigenvalue weighted by Gasteiger charge is 2.21. The van der Waals surface area contributed by atoms with Crippen molar-refractivity contribution in [3.05, 3.63) is 24.2 Å². The maximum Gasteiger partial charge on any atom is 0.101 e. The Kier molecular flexibility index (Phi) is 4.31. The second-order valence-electron chi connectivity index (χ2n) is 6.81. The number of fused-ring (bicyclic) bond motifs is 1. The van der Waals surface area contributed by atoms with E-state index in [-0.39, 0.29) is 0 Å². The molecule has 3 heterocycles. The molecule has 0 amide bonds. The summed E-state index contributed by atoms with van der Waals surface area (Å²) in [5.41, 5.74) is 4.93. The minimum atomic E-state index is 1.00. The molecule has 1 saturated heterocycles. The van der Waals surface area contributed by atoms with E-state index in [1.165, 1.54) is 62.6 Å². The van der Waals surface area contributed by atoms with E-state index in [4.69, 9.17) is 4.98 Å². The van der Waals surface area contributed by atoms with Crippen LogP contribution in [0.4, 0.5) is 5.69 Å². The van der Waals surface area contributed by atoms with E-state index in [1.54, 1.807) is 0 Å². The molecule has 0 bridgehead atoms. The molecule has 4 rings (SSSR count). The number of pyridine rings is 1. The van der Waals surface area contributed by atoms with Crippen molar-refractivity contribution in [1.29, 1.82) is 0 Å². The molecule has 1 N–H and O–H groups in total. The summed E-state index contributed by atoms with van der Waals surface area (Å²) in [4.78, 5) is 7.28. The Morgan fingerprint density at radius 3 is 2.61 bits per heavy atom. The lowest BCUT2D eigenvalue weighted by Crippen LogP contribution is -2.28. The minimum Gasteiger partial charge on any atom is -0.368 e. The molecule has 2 aliphatic rings. The number of rotatable bonds is 2. The fraction of sp³-hybridized carbons (Fsp3) is 0.579. The molecule has 0 spiro atoms. The predicted molar refractivity (Wildman–Crippen MR) is 94.5 cm³/mol. The number of aromatic amines is 1.